The van der Waals surface area contributed by atoms with Gasteiger partial charge >= 0.3 is 12.0 Å². The SMILES string of the molecule is CN(CCCCC(=O)O)C(=O)N1CCC(c2ccc(C(=N)N)cc2)CC1.Cl. The summed E-state index contributed by atoms with van der Waals surface area (Å²) < 4.78 is 0. The quantitative estimate of drug-likeness (QED) is 0.373. The van der Waals surface area contributed by atoms with Crippen molar-refractivity contribution < 1.29 is 14.7 Å². The van der Waals surface area contributed by atoms with Gasteiger partial charge in [-0.05, 0) is 37.2 Å². The Kier molecular flexibility index (Phi) is 9.08. The molecular formula is C19H29ClN4O3. The highest BCUT2D eigenvalue weighted by Gasteiger charge is 2.25. The number of carboxylic acid groups (broad SMARTS) is 1. The molecule has 0 atom stereocenters. The second-order valence-corrected chi connectivity index (χ2v) is 6.85. The fraction of sp³-hybridized carbons (Fsp3) is 0.526. The molecule has 2 amide bonds. The number of carbonyl (C=O) groups is 2. The third kappa shape index (κ3) is 6.75. The molecule has 0 radical (unpaired) electrons. The zero-order chi connectivity index (χ0) is 19.1. The molecule has 150 valence electrons. The third-order valence-electron chi connectivity index (χ3n) is 4.92. The summed E-state index contributed by atoms with van der Waals surface area (Å²) in [5.41, 5.74) is 7.44. The maximum Gasteiger partial charge on any atom is 0.319 e. The summed E-state index contributed by atoms with van der Waals surface area (Å²) in [6, 6.07) is 7.81. The second kappa shape index (κ2) is 10.8. The lowest BCUT2D eigenvalue weighted by Gasteiger charge is -2.35. The van der Waals surface area contributed by atoms with Crippen LogP contribution in [0.5, 0.6) is 0 Å². The number of likely N-dealkylation sites (tertiary alicyclic amines) is 1. The van der Waals surface area contributed by atoms with Crippen LogP contribution in [0.2, 0.25) is 0 Å². The van der Waals surface area contributed by atoms with E-state index in [0.29, 0.717) is 25.3 Å². The summed E-state index contributed by atoms with van der Waals surface area (Å²) in [5, 5.41) is 16.1. The van der Waals surface area contributed by atoms with E-state index in [1.165, 1.54) is 5.56 Å². The monoisotopic (exact) mass is 396 g/mol. The number of piperidine rings is 1. The number of hydrogen-bond donors (Lipinski definition) is 3. The first-order chi connectivity index (χ1) is 12.4. The molecule has 1 aromatic carbocycles. The van der Waals surface area contributed by atoms with Gasteiger partial charge in [-0.15, -0.1) is 12.4 Å². The number of unbranched alkanes of at least 4 members (excludes halogenated alkanes) is 1. The van der Waals surface area contributed by atoms with Crippen molar-refractivity contribution in [2.75, 3.05) is 26.7 Å². The van der Waals surface area contributed by atoms with E-state index in [1.807, 2.05) is 29.2 Å². The van der Waals surface area contributed by atoms with Crippen molar-refractivity contribution in [3.8, 4) is 0 Å². The molecule has 0 saturated carbocycles. The lowest BCUT2D eigenvalue weighted by molar-refractivity contribution is -0.137. The Hall–Kier alpha value is -2.28. The largest absolute Gasteiger partial charge is 0.481 e. The number of carboxylic acids is 1. The number of amides is 2. The summed E-state index contributed by atoms with van der Waals surface area (Å²) in [6.07, 6.45) is 3.27. The Morgan fingerprint density at radius 2 is 1.81 bits per heavy atom. The molecule has 1 saturated heterocycles. The Labute approximate surface area is 166 Å². The van der Waals surface area contributed by atoms with Crippen molar-refractivity contribution in [2.45, 2.75) is 38.0 Å². The zero-order valence-corrected chi connectivity index (χ0v) is 16.5. The molecule has 7 nitrogen and oxygen atoms in total. The number of nitrogens with zero attached hydrogens (tertiary/aromatic N) is 2. The molecule has 1 aliphatic rings. The van der Waals surface area contributed by atoms with E-state index in [4.69, 9.17) is 16.2 Å². The van der Waals surface area contributed by atoms with E-state index < -0.39 is 5.97 Å². The molecule has 27 heavy (non-hydrogen) atoms. The van der Waals surface area contributed by atoms with E-state index >= 15 is 0 Å². The fourth-order valence-electron chi connectivity index (χ4n) is 3.30. The minimum atomic E-state index is -0.794. The summed E-state index contributed by atoms with van der Waals surface area (Å²) in [7, 11) is 1.77. The van der Waals surface area contributed by atoms with E-state index in [2.05, 4.69) is 0 Å². The minimum Gasteiger partial charge on any atom is -0.481 e. The van der Waals surface area contributed by atoms with Gasteiger partial charge in [0.25, 0.3) is 0 Å². The number of amidine groups is 1. The first-order valence-electron chi connectivity index (χ1n) is 9.04. The van der Waals surface area contributed by atoms with Gasteiger partial charge in [0.1, 0.15) is 5.84 Å². The molecule has 0 aliphatic carbocycles. The van der Waals surface area contributed by atoms with Gasteiger partial charge in [0.2, 0.25) is 0 Å². The molecule has 2 rings (SSSR count). The number of rotatable bonds is 7. The van der Waals surface area contributed by atoms with Crippen LogP contribution in [0.15, 0.2) is 24.3 Å². The number of nitrogens with two attached hydrogens (primary N) is 1. The van der Waals surface area contributed by atoms with Crippen LogP contribution in [0.4, 0.5) is 4.79 Å². The lowest BCUT2D eigenvalue weighted by atomic mass is 9.89. The van der Waals surface area contributed by atoms with E-state index in [1.54, 1.807) is 11.9 Å². The maximum atomic E-state index is 12.5. The summed E-state index contributed by atoms with van der Waals surface area (Å²) in [6.45, 7) is 2.02. The minimum absolute atomic E-state index is 0. The molecule has 4 N–H and O–H groups in total. The molecule has 8 heteroatoms. The smallest absolute Gasteiger partial charge is 0.319 e. The van der Waals surface area contributed by atoms with E-state index in [9.17, 15) is 9.59 Å². The van der Waals surface area contributed by atoms with Gasteiger partial charge in [-0.2, -0.15) is 0 Å². The summed E-state index contributed by atoms with van der Waals surface area (Å²) in [4.78, 5) is 26.6. The highest BCUT2D eigenvalue weighted by molar-refractivity contribution is 5.94. The molecular weight excluding hydrogens is 368 g/mol. The third-order valence-corrected chi connectivity index (χ3v) is 4.92. The van der Waals surface area contributed by atoms with Crippen molar-refractivity contribution >= 4 is 30.2 Å². The number of urea groups is 1. The van der Waals surface area contributed by atoms with Crippen LogP contribution in [0, 0.1) is 5.41 Å². The van der Waals surface area contributed by atoms with Gasteiger partial charge in [0.05, 0.1) is 0 Å². The second-order valence-electron chi connectivity index (χ2n) is 6.85. The standard InChI is InChI=1S/C19H28N4O3.ClH/c1-22(11-3-2-4-17(24)25)19(26)23-12-9-15(10-13-23)14-5-7-16(8-6-14)18(20)21;/h5-8,15H,2-4,9-13H2,1H3,(H3,20,21)(H,24,25);1H. The van der Waals surface area contributed by atoms with Crippen LogP contribution in [0.25, 0.3) is 0 Å². The molecule has 0 unspecified atom stereocenters. The Morgan fingerprint density at radius 1 is 1.22 bits per heavy atom. The zero-order valence-electron chi connectivity index (χ0n) is 15.7. The van der Waals surface area contributed by atoms with E-state index in [0.717, 1.165) is 31.5 Å². The van der Waals surface area contributed by atoms with E-state index in [-0.39, 0.29) is 30.7 Å². The normalized spacial score (nSPS) is 14.3. The Balaban J connectivity index is 0.00000364. The molecule has 0 spiro atoms. The average molecular weight is 397 g/mol. The number of hydrogen-bond acceptors (Lipinski definition) is 3. The number of carbonyl (C=O) groups excluding carboxylic acids is 1. The van der Waals surface area contributed by atoms with Gasteiger partial charge < -0.3 is 20.6 Å². The predicted octanol–water partition coefficient (Wildman–Crippen LogP) is 2.88. The highest BCUT2D eigenvalue weighted by atomic mass is 35.5. The lowest BCUT2D eigenvalue weighted by Crippen LogP contribution is -2.45. The Morgan fingerprint density at radius 3 is 2.33 bits per heavy atom. The molecule has 0 aromatic heterocycles. The van der Waals surface area contributed by atoms with Crippen molar-refractivity contribution in [1.82, 2.24) is 9.80 Å². The number of aliphatic carboxylic acids is 1. The number of nitrogen functional groups attached to an aromatic ring is 1. The van der Waals surface area contributed by atoms with Gasteiger partial charge in [-0.25, -0.2) is 4.79 Å². The van der Waals surface area contributed by atoms with Gasteiger partial charge in [-0.1, -0.05) is 24.3 Å². The molecule has 1 fully saturated rings. The first-order valence-corrected chi connectivity index (χ1v) is 9.04. The van der Waals surface area contributed by atoms with Crippen molar-refractivity contribution in [1.29, 1.82) is 5.41 Å². The molecule has 0 bridgehead atoms. The highest BCUT2D eigenvalue weighted by Crippen LogP contribution is 2.28. The van der Waals surface area contributed by atoms with Crippen LogP contribution < -0.4 is 5.73 Å². The van der Waals surface area contributed by atoms with Crippen LogP contribution in [0.1, 0.15) is 49.1 Å². The summed E-state index contributed by atoms with van der Waals surface area (Å²) in [5.74, 6) is -0.304. The van der Waals surface area contributed by atoms with Crippen LogP contribution in [-0.4, -0.2) is 59.4 Å². The Bertz CT molecular complexity index is 643. The summed E-state index contributed by atoms with van der Waals surface area (Å²) >= 11 is 0. The number of halogens is 1. The maximum absolute atomic E-state index is 12.5. The van der Waals surface area contributed by atoms with Crippen molar-refractivity contribution in [3.05, 3.63) is 35.4 Å². The topological polar surface area (TPSA) is 111 Å². The number of nitrogens with one attached hydrogen (secondary N) is 1. The molecule has 1 aromatic rings. The van der Waals surface area contributed by atoms with Crippen LogP contribution >= 0.6 is 12.4 Å². The fourth-order valence-corrected chi connectivity index (χ4v) is 3.30. The van der Waals surface area contributed by atoms with Gasteiger partial charge in [0.15, 0.2) is 0 Å². The number of benzene rings is 1. The first kappa shape index (κ1) is 22.8. The average Bonchev–Trinajstić information content (AvgIpc) is 2.64. The predicted molar refractivity (Wildman–Crippen MR) is 108 cm³/mol. The van der Waals surface area contributed by atoms with Crippen molar-refractivity contribution in [2.24, 2.45) is 5.73 Å². The molecule has 1 heterocycles. The van der Waals surface area contributed by atoms with Crippen molar-refractivity contribution in [3.63, 3.8) is 0 Å². The van der Waals surface area contributed by atoms with Gasteiger partial charge in [0, 0.05) is 38.7 Å². The van der Waals surface area contributed by atoms with Gasteiger partial charge in [-0.3, -0.25) is 10.2 Å². The van der Waals surface area contributed by atoms with Crippen LogP contribution in [-0.2, 0) is 4.79 Å². The molecule has 1 aliphatic heterocycles. The van der Waals surface area contributed by atoms with Crippen LogP contribution in [0.3, 0.4) is 0 Å².